The van der Waals surface area contributed by atoms with E-state index in [2.05, 4.69) is 17.6 Å². The second-order valence-electron chi connectivity index (χ2n) is 7.73. The molecule has 1 aromatic rings. The van der Waals surface area contributed by atoms with Gasteiger partial charge in [0.2, 0.25) is 0 Å². The van der Waals surface area contributed by atoms with Crippen LogP contribution in [0.15, 0.2) is 23.2 Å². The molecule has 0 unspecified atom stereocenters. The number of hydrogen-bond donors (Lipinski definition) is 2. The van der Waals surface area contributed by atoms with Crippen molar-refractivity contribution in [1.29, 1.82) is 0 Å². The van der Waals surface area contributed by atoms with Crippen LogP contribution in [0, 0.1) is 5.41 Å². The average molecular weight is 547 g/mol. The zero-order chi connectivity index (χ0) is 21.8. The highest BCUT2D eigenvalue weighted by Crippen LogP contribution is 2.40. The number of aliphatic imine (C=N–C) groups is 1. The number of carbonyl (C=O) groups excluding carboxylic acids is 1. The van der Waals surface area contributed by atoms with E-state index in [0.29, 0.717) is 17.9 Å². The van der Waals surface area contributed by atoms with Gasteiger partial charge in [-0.2, -0.15) is 0 Å². The first kappa shape index (κ1) is 27.5. The van der Waals surface area contributed by atoms with Crippen LogP contribution >= 0.6 is 24.0 Å². The Hall–Kier alpha value is -1.55. The van der Waals surface area contributed by atoms with Gasteiger partial charge in [0.05, 0.1) is 20.8 Å². The van der Waals surface area contributed by atoms with Gasteiger partial charge in [-0.15, -0.1) is 24.0 Å². The van der Waals surface area contributed by atoms with Crippen LogP contribution in [0.2, 0.25) is 0 Å². The number of ether oxygens (including phenoxy) is 3. The third-order valence-corrected chi connectivity index (χ3v) is 5.71. The molecule has 1 aliphatic carbocycles. The van der Waals surface area contributed by atoms with Crippen LogP contribution in [0.25, 0.3) is 0 Å². The molecule has 176 valence electrons. The molecule has 31 heavy (non-hydrogen) atoms. The highest BCUT2D eigenvalue weighted by Gasteiger charge is 2.33. The number of guanidine groups is 1. The monoisotopic (exact) mass is 547 g/mol. The number of hydrogen-bond acceptors (Lipinski definition) is 5. The van der Waals surface area contributed by atoms with E-state index in [1.54, 1.807) is 12.1 Å². The second-order valence-corrected chi connectivity index (χ2v) is 7.73. The molecule has 1 fully saturated rings. The van der Waals surface area contributed by atoms with E-state index < -0.39 is 5.97 Å². The Morgan fingerprint density at radius 1 is 1.16 bits per heavy atom. The van der Waals surface area contributed by atoms with Crippen molar-refractivity contribution >= 4 is 35.9 Å². The Kier molecular flexibility index (Phi) is 12.9. The molecule has 0 atom stereocenters. The number of halogens is 1. The van der Waals surface area contributed by atoms with E-state index in [1.165, 1.54) is 39.9 Å². The molecule has 0 heterocycles. The number of carbonyl (C=O) groups is 1. The summed E-state index contributed by atoms with van der Waals surface area (Å²) >= 11 is 0. The topological polar surface area (TPSA) is 81.2 Å². The van der Waals surface area contributed by atoms with Crippen molar-refractivity contribution < 1.29 is 19.0 Å². The summed E-state index contributed by atoms with van der Waals surface area (Å²) in [4.78, 5) is 16.7. The van der Waals surface area contributed by atoms with Crippen molar-refractivity contribution in [2.75, 3.05) is 40.5 Å². The molecule has 7 nitrogen and oxygen atoms in total. The van der Waals surface area contributed by atoms with Gasteiger partial charge in [0.15, 0.2) is 5.96 Å². The third kappa shape index (κ3) is 8.48. The van der Waals surface area contributed by atoms with E-state index in [0.717, 1.165) is 44.2 Å². The molecule has 1 aromatic carbocycles. The highest BCUT2D eigenvalue weighted by molar-refractivity contribution is 14.0. The van der Waals surface area contributed by atoms with Gasteiger partial charge in [0.1, 0.15) is 11.3 Å². The zero-order valence-electron chi connectivity index (χ0n) is 19.3. The molecule has 0 amide bonds. The molecular weight excluding hydrogens is 509 g/mol. The smallest absolute Gasteiger partial charge is 0.341 e. The molecule has 0 aliphatic heterocycles. The van der Waals surface area contributed by atoms with Gasteiger partial charge >= 0.3 is 5.97 Å². The summed E-state index contributed by atoms with van der Waals surface area (Å²) in [5, 5.41) is 6.86. The zero-order valence-corrected chi connectivity index (χ0v) is 21.6. The fourth-order valence-corrected chi connectivity index (χ4v) is 3.98. The first-order chi connectivity index (χ1) is 14.6. The molecule has 2 rings (SSSR count). The van der Waals surface area contributed by atoms with E-state index in [4.69, 9.17) is 19.2 Å². The summed E-state index contributed by atoms with van der Waals surface area (Å²) < 4.78 is 15.7. The van der Waals surface area contributed by atoms with Gasteiger partial charge in [0.25, 0.3) is 0 Å². The summed E-state index contributed by atoms with van der Waals surface area (Å²) in [7, 11) is 2.90. The minimum absolute atomic E-state index is 0. The second kappa shape index (κ2) is 14.5. The van der Waals surface area contributed by atoms with Crippen molar-refractivity contribution in [3.63, 3.8) is 0 Å². The standard InChI is InChI=1S/C23H37N3O4.HI/c1-5-24-22(26-17-23(11-7-8-12-23)13-14-30-6-2)25-16-18-9-10-20(28-3)19(15-18)21(27)29-4;/h9-10,15H,5-8,11-14,16-17H2,1-4H3,(H2,24,25,26);1H. The van der Waals surface area contributed by atoms with Gasteiger partial charge in [0, 0.05) is 26.3 Å². The first-order valence-electron chi connectivity index (χ1n) is 10.9. The average Bonchev–Trinajstić information content (AvgIpc) is 3.24. The summed E-state index contributed by atoms with van der Waals surface area (Å²) in [5.41, 5.74) is 1.61. The molecular formula is C23H38IN3O4. The summed E-state index contributed by atoms with van der Waals surface area (Å²) in [6.07, 6.45) is 6.10. The summed E-state index contributed by atoms with van der Waals surface area (Å²) in [5.74, 6) is 0.868. The van der Waals surface area contributed by atoms with Crippen LogP contribution in [0.4, 0.5) is 0 Å². The minimum atomic E-state index is -0.416. The van der Waals surface area contributed by atoms with Gasteiger partial charge in [-0.3, -0.25) is 0 Å². The number of benzene rings is 1. The Morgan fingerprint density at radius 2 is 1.90 bits per heavy atom. The molecule has 1 saturated carbocycles. The normalized spacial score (nSPS) is 15.2. The first-order valence-corrected chi connectivity index (χ1v) is 10.9. The van der Waals surface area contributed by atoms with Gasteiger partial charge in [-0.05, 0) is 56.2 Å². The highest BCUT2D eigenvalue weighted by atomic mass is 127. The quantitative estimate of drug-likeness (QED) is 0.143. The van der Waals surface area contributed by atoms with E-state index in [-0.39, 0.29) is 29.4 Å². The number of esters is 1. The van der Waals surface area contributed by atoms with E-state index in [1.807, 2.05) is 13.0 Å². The van der Waals surface area contributed by atoms with Gasteiger partial charge < -0.3 is 24.8 Å². The van der Waals surface area contributed by atoms with E-state index >= 15 is 0 Å². The van der Waals surface area contributed by atoms with Gasteiger partial charge in [-0.25, -0.2) is 9.79 Å². The Labute approximate surface area is 203 Å². The predicted octanol–water partition coefficient (Wildman–Crippen LogP) is 4.14. The fourth-order valence-electron chi connectivity index (χ4n) is 3.98. The molecule has 1 aliphatic rings. The number of nitrogens with one attached hydrogen (secondary N) is 2. The Bertz CT molecular complexity index is 706. The minimum Gasteiger partial charge on any atom is -0.496 e. The molecule has 0 radical (unpaired) electrons. The SMILES string of the molecule is CCNC(=NCc1ccc(OC)c(C(=O)OC)c1)NCC1(CCOCC)CCCC1.I. The Morgan fingerprint density at radius 3 is 2.52 bits per heavy atom. The lowest BCUT2D eigenvalue weighted by molar-refractivity contribution is 0.0597. The van der Waals surface area contributed by atoms with Crippen molar-refractivity contribution in [2.45, 2.75) is 52.5 Å². The molecule has 0 spiro atoms. The largest absolute Gasteiger partial charge is 0.496 e. The van der Waals surface area contributed by atoms with Crippen molar-refractivity contribution in [3.8, 4) is 5.75 Å². The number of nitrogens with zero attached hydrogens (tertiary/aromatic N) is 1. The number of rotatable bonds is 11. The van der Waals surface area contributed by atoms with Crippen molar-refractivity contribution in [1.82, 2.24) is 10.6 Å². The van der Waals surface area contributed by atoms with Gasteiger partial charge in [-0.1, -0.05) is 18.9 Å². The molecule has 0 saturated heterocycles. The van der Waals surface area contributed by atoms with Crippen molar-refractivity contribution in [3.05, 3.63) is 29.3 Å². The van der Waals surface area contributed by atoms with Crippen LogP contribution in [-0.2, 0) is 16.0 Å². The Balaban J connectivity index is 0.00000480. The maximum atomic E-state index is 12.0. The van der Waals surface area contributed by atoms with E-state index in [9.17, 15) is 4.79 Å². The van der Waals surface area contributed by atoms with Crippen LogP contribution in [0.5, 0.6) is 5.75 Å². The summed E-state index contributed by atoms with van der Waals surface area (Å²) in [6, 6.07) is 5.47. The fraction of sp³-hybridized carbons (Fsp3) is 0.652. The van der Waals surface area contributed by atoms with Crippen molar-refractivity contribution in [2.24, 2.45) is 10.4 Å². The molecule has 0 aromatic heterocycles. The van der Waals surface area contributed by atoms with Crippen LogP contribution in [-0.4, -0.2) is 52.5 Å². The van der Waals surface area contributed by atoms with Crippen LogP contribution in [0.1, 0.15) is 61.9 Å². The maximum Gasteiger partial charge on any atom is 0.341 e. The molecule has 8 heteroatoms. The lowest BCUT2D eigenvalue weighted by Gasteiger charge is -2.30. The van der Waals surface area contributed by atoms with Crippen LogP contribution < -0.4 is 15.4 Å². The maximum absolute atomic E-state index is 12.0. The van der Waals surface area contributed by atoms with Crippen LogP contribution in [0.3, 0.4) is 0 Å². The lowest BCUT2D eigenvalue weighted by atomic mass is 9.83. The predicted molar refractivity (Wildman–Crippen MR) is 135 cm³/mol. The molecule has 0 bridgehead atoms. The lowest BCUT2D eigenvalue weighted by Crippen LogP contribution is -2.43. The summed E-state index contributed by atoms with van der Waals surface area (Å²) in [6.45, 7) is 7.81. The third-order valence-electron chi connectivity index (χ3n) is 5.71. The molecule has 2 N–H and O–H groups in total. The number of methoxy groups -OCH3 is 2.